The molecule has 0 spiro atoms. The van der Waals surface area contributed by atoms with E-state index in [1.807, 2.05) is 25.1 Å². The number of pyridine rings is 1. The molecule has 8 nitrogen and oxygen atoms in total. The van der Waals surface area contributed by atoms with Gasteiger partial charge in [-0.2, -0.15) is 5.10 Å². The molecular formula is C22H17N5O3S. The third kappa shape index (κ3) is 4.62. The molecule has 0 fully saturated rings. The minimum absolute atomic E-state index is 0.228. The average molecular weight is 431 g/mol. The van der Waals surface area contributed by atoms with Gasteiger partial charge >= 0.3 is 5.97 Å². The lowest BCUT2D eigenvalue weighted by Gasteiger charge is -2.04. The average Bonchev–Trinajstić information content (AvgIpc) is 3.18. The Morgan fingerprint density at radius 3 is 2.48 bits per heavy atom. The first kappa shape index (κ1) is 20.3. The Morgan fingerprint density at radius 2 is 1.77 bits per heavy atom. The van der Waals surface area contributed by atoms with Crippen molar-refractivity contribution in [3.05, 3.63) is 82.8 Å². The SMILES string of the molecule is Cc1nc(CNC(=O)c2cccnn2)sc1-c1cccc(-c2ccc(C(=O)O)cc2)n1. The second-order valence-corrected chi connectivity index (χ2v) is 7.69. The molecule has 1 aromatic carbocycles. The molecule has 0 bridgehead atoms. The summed E-state index contributed by atoms with van der Waals surface area (Å²) in [5.74, 6) is -1.28. The van der Waals surface area contributed by atoms with Crippen molar-refractivity contribution in [2.24, 2.45) is 0 Å². The van der Waals surface area contributed by atoms with Gasteiger partial charge < -0.3 is 10.4 Å². The number of thiazole rings is 1. The summed E-state index contributed by atoms with van der Waals surface area (Å²) < 4.78 is 0. The van der Waals surface area contributed by atoms with E-state index in [0.717, 1.165) is 32.5 Å². The zero-order valence-electron chi connectivity index (χ0n) is 16.4. The number of hydrogen-bond acceptors (Lipinski definition) is 7. The number of carboxylic acids is 1. The summed E-state index contributed by atoms with van der Waals surface area (Å²) >= 11 is 1.46. The number of carbonyl (C=O) groups excluding carboxylic acids is 1. The van der Waals surface area contributed by atoms with Crippen LogP contribution in [0.2, 0.25) is 0 Å². The first-order valence-corrected chi connectivity index (χ1v) is 10.2. The number of rotatable bonds is 6. The summed E-state index contributed by atoms with van der Waals surface area (Å²) in [6.45, 7) is 2.17. The van der Waals surface area contributed by atoms with Crippen LogP contribution in [0, 0.1) is 6.92 Å². The third-order valence-electron chi connectivity index (χ3n) is 4.46. The maximum atomic E-state index is 12.2. The van der Waals surface area contributed by atoms with Gasteiger partial charge in [0, 0.05) is 11.8 Å². The van der Waals surface area contributed by atoms with Crippen LogP contribution in [0.15, 0.2) is 60.8 Å². The smallest absolute Gasteiger partial charge is 0.335 e. The Balaban J connectivity index is 1.52. The quantitative estimate of drug-likeness (QED) is 0.479. The highest BCUT2D eigenvalue weighted by atomic mass is 32.1. The highest BCUT2D eigenvalue weighted by Crippen LogP contribution is 2.30. The number of nitrogens with zero attached hydrogens (tertiary/aromatic N) is 4. The molecule has 31 heavy (non-hydrogen) atoms. The van der Waals surface area contributed by atoms with Crippen LogP contribution in [-0.4, -0.2) is 37.1 Å². The van der Waals surface area contributed by atoms with E-state index in [-0.39, 0.29) is 23.7 Å². The van der Waals surface area contributed by atoms with E-state index in [4.69, 9.17) is 10.1 Å². The Labute approximate surface area is 181 Å². The summed E-state index contributed by atoms with van der Waals surface area (Å²) in [4.78, 5) is 33.4. The van der Waals surface area contributed by atoms with Gasteiger partial charge in [-0.15, -0.1) is 16.4 Å². The highest BCUT2D eigenvalue weighted by Gasteiger charge is 2.14. The number of hydrogen-bond donors (Lipinski definition) is 2. The summed E-state index contributed by atoms with van der Waals surface area (Å²) in [7, 11) is 0. The van der Waals surface area contributed by atoms with Crippen molar-refractivity contribution in [2.75, 3.05) is 0 Å². The van der Waals surface area contributed by atoms with Crippen molar-refractivity contribution in [2.45, 2.75) is 13.5 Å². The fourth-order valence-corrected chi connectivity index (χ4v) is 3.91. The third-order valence-corrected chi connectivity index (χ3v) is 5.64. The second kappa shape index (κ2) is 8.80. The van der Waals surface area contributed by atoms with Gasteiger partial charge in [0.2, 0.25) is 0 Å². The van der Waals surface area contributed by atoms with E-state index in [9.17, 15) is 9.59 Å². The molecule has 0 atom stereocenters. The number of nitrogens with one attached hydrogen (secondary N) is 1. The summed E-state index contributed by atoms with van der Waals surface area (Å²) in [5, 5.41) is 20.1. The molecule has 1 amide bonds. The standard InChI is InChI=1S/C22H17N5O3S/c1-13-20(31-19(25-13)12-23-21(28)18-6-3-11-24-27-18)17-5-2-4-16(26-17)14-7-9-15(10-8-14)22(29)30/h2-11H,12H2,1H3,(H,23,28)(H,29,30). The van der Waals surface area contributed by atoms with E-state index in [1.54, 1.807) is 36.4 Å². The van der Waals surface area contributed by atoms with Gasteiger partial charge in [0.25, 0.3) is 5.91 Å². The normalized spacial score (nSPS) is 10.6. The fraction of sp³-hybridized carbons (Fsp3) is 0.0909. The van der Waals surface area contributed by atoms with Gasteiger partial charge in [-0.05, 0) is 43.3 Å². The topological polar surface area (TPSA) is 118 Å². The molecule has 0 aliphatic rings. The first-order chi connectivity index (χ1) is 15.0. The molecule has 2 N–H and O–H groups in total. The van der Waals surface area contributed by atoms with Crippen molar-refractivity contribution in [3.63, 3.8) is 0 Å². The molecule has 0 saturated heterocycles. The number of amides is 1. The molecule has 154 valence electrons. The van der Waals surface area contributed by atoms with Crippen LogP contribution in [0.5, 0.6) is 0 Å². The number of carbonyl (C=O) groups is 2. The van der Waals surface area contributed by atoms with Gasteiger partial charge in [-0.3, -0.25) is 4.79 Å². The van der Waals surface area contributed by atoms with Gasteiger partial charge in [-0.1, -0.05) is 18.2 Å². The van der Waals surface area contributed by atoms with Crippen molar-refractivity contribution < 1.29 is 14.7 Å². The number of carboxylic acid groups (broad SMARTS) is 1. The molecule has 0 radical (unpaired) electrons. The van der Waals surface area contributed by atoms with Gasteiger partial charge in [0.05, 0.1) is 34.1 Å². The minimum Gasteiger partial charge on any atom is -0.478 e. The minimum atomic E-state index is -0.965. The largest absolute Gasteiger partial charge is 0.478 e. The predicted octanol–water partition coefficient (Wildman–Crippen LogP) is 3.60. The highest BCUT2D eigenvalue weighted by molar-refractivity contribution is 7.15. The molecular weight excluding hydrogens is 414 g/mol. The monoisotopic (exact) mass is 431 g/mol. The Bertz CT molecular complexity index is 1240. The number of aromatic nitrogens is 4. The summed E-state index contributed by atoms with van der Waals surface area (Å²) in [6.07, 6.45) is 1.51. The van der Waals surface area contributed by atoms with E-state index < -0.39 is 5.97 Å². The van der Waals surface area contributed by atoms with Crippen LogP contribution in [0.25, 0.3) is 21.8 Å². The van der Waals surface area contributed by atoms with Crippen LogP contribution in [-0.2, 0) is 6.54 Å². The summed E-state index contributed by atoms with van der Waals surface area (Å²) in [6, 6.07) is 15.5. The first-order valence-electron chi connectivity index (χ1n) is 9.34. The lowest BCUT2D eigenvalue weighted by Crippen LogP contribution is -2.23. The maximum Gasteiger partial charge on any atom is 0.335 e. The second-order valence-electron chi connectivity index (χ2n) is 6.60. The molecule has 0 aliphatic heterocycles. The molecule has 3 aromatic heterocycles. The van der Waals surface area contributed by atoms with Crippen LogP contribution in [0.1, 0.15) is 31.5 Å². The number of benzene rings is 1. The zero-order valence-corrected chi connectivity index (χ0v) is 17.3. The Kier molecular flexibility index (Phi) is 5.76. The lowest BCUT2D eigenvalue weighted by molar-refractivity contribution is 0.0696. The molecule has 9 heteroatoms. The van der Waals surface area contributed by atoms with Gasteiger partial charge in [0.1, 0.15) is 5.01 Å². The molecule has 0 saturated carbocycles. The Morgan fingerprint density at radius 1 is 1.00 bits per heavy atom. The van der Waals surface area contributed by atoms with Crippen molar-refractivity contribution in [1.82, 2.24) is 25.5 Å². The van der Waals surface area contributed by atoms with E-state index in [0.29, 0.717) is 0 Å². The van der Waals surface area contributed by atoms with Crippen molar-refractivity contribution in [1.29, 1.82) is 0 Å². The van der Waals surface area contributed by atoms with Crippen LogP contribution in [0.3, 0.4) is 0 Å². The molecule has 3 heterocycles. The fourth-order valence-electron chi connectivity index (χ4n) is 2.94. The number of aryl methyl sites for hydroxylation is 1. The van der Waals surface area contributed by atoms with Crippen LogP contribution < -0.4 is 5.32 Å². The lowest BCUT2D eigenvalue weighted by atomic mass is 10.1. The van der Waals surface area contributed by atoms with Crippen LogP contribution >= 0.6 is 11.3 Å². The molecule has 0 unspecified atom stereocenters. The number of aromatic carboxylic acids is 1. The van der Waals surface area contributed by atoms with E-state index in [1.165, 1.54) is 17.5 Å². The maximum absolute atomic E-state index is 12.2. The predicted molar refractivity (Wildman–Crippen MR) is 116 cm³/mol. The molecule has 0 aliphatic carbocycles. The van der Waals surface area contributed by atoms with E-state index in [2.05, 4.69) is 20.5 Å². The van der Waals surface area contributed by atoms with Crippen molar-refractivity contribution in [3.8, 4) is 21.8 Å². The van der Waals surface area contributed by atoms with E-state index >= 15 is 0 Å². The van der Waals surface area contributed by atoms with Crippen molar-refractivity contribution >= 4 is 23.2 Å². The zero-order chi connectivity index (χ0) is 21.8. The molecule has 4 rings (SSSR count). The Hall–Kier alpha value is -3.98. The van der Waals surface area contributed by atoms with Gasteiger partial charge in [-0.25, -0.2) is 14.8 Å². The van der Waals surface area contributed by atoms with Gasteiger partial charge in [0.15, 0.2) is 5.69 Å². The van der Waals surface area contributed by atoms with Crippen LogP contribution in [0.4, 0.5) is 0 Å². The molecule has 4 aromatic rings. The summed E-state index contributed by atoms with van der Waals surface area (Å²) in [5.41, 5.74) is 3.62.